The van der Waals surface area contributed by atoms with Crippen LogP contribution < -0.4 is 87.8 Å². The van der Waals surface area contributed by atoms with E-state index in [9.17, 15) is 85.7 Å². The van der Waals surface area contributed by atoms with Crippen molar-refractivity contribution in [3.8, 4) is 5.75 Å². The Morgan fingerprint density at radius 3 is 1.36 bits per heavy atom. The van der Waals surface area contributed by atoms with Crippen LogP contribution in [0.5, 0.6) is 5.75 Å². The fourth-order valence-electron chi connectivity index (χ4n) is 11.1. The van der Waals surface area contributed by atoms with Crippen molar-refractivity contribution in [1.29, 1.82) is 0 Å². The van der Waals surface area contributed by atoms with E-state index in [-0.39, 0.29) is 108 Å². The summed E-state index contributed by atoms with van der Waals surface area (Å²) in [6, 6.07) is 36.7. The second kappa shape index (κ2) is 51.0. The lowest BCUT2D eigenvalue weighted by Gasteiger charge is -2.30. The number of rotatable bonds is 40. The number of anilines is 13. The minimum atomic E-state index is -4.68. The van der Waals surface area contributed by atoms with E-state index in [0.29, 0.717) is 106 Å². The molecule has 0 aliphatic carbocycles. The zero-order chi connectivity index (χ0) is 97.1. The summed E-state index contributed by atoms with van der Waals surface area (Å²) in [4.78, 5) is 12.3. The van der Waals surface area contributed by atoms with Gasteiger partial charge in [-0.15, -0.1) is 0 Å². The number of halogens is 1. The van der Waals surface area contributed by atoms with Crippen molar-refractivity contribution in [2.24, 2.45) is 11.5 Å². The number of aliphatic carboxylic acids is 1. The highest BCUT2D eigenvalue weighted by atomic mass is 35.5. The van der Waals surface area contributed by atoms with Gasteiger partial charge in [-0.05, 0) is 140 Å². The van der Waals surface area contributed by atoms with Crippen LogP contribution in [0.2, 0.25) is 5.02 Å². The van der Waals surface area contributed by atoms with Crippen LogP contribution in [-0.2, 0) is 103 Å². The van der Waals surface area contributed by atoms with E-state index in [1.807, 2.05) is 4.90 Å². The van der Waals surface area contributed by atoms with Crippen molar-refractivity contribution >= 4 is 181 Å². The third kappa shape index (κ3) is 37.1. The van der Waals surface area contributed by atoms with Crippen LogP contribution in [0.4, 0.5) is 73.9 Å². The summed E-state index contributed by atoms with van der Waals surface area (Å²) in [6.45, 7) is 5.13. The molecule has 0 saturated carbocycles. The monoisotopic (exact) mass is 2010 g/mol. The van der Waals surface area contributed by atoms with Gasteiger partial charge in [0.2, 0.25) is 9.84 Å². The maximum Gasteiger partial charge on any atom is 0.397 e. The van der Waals surface area contributed by atoms with Gasteiger partial charge >= 0.3 is 16.4 Å². The molecule has 1 heterocycles. The first-order valence-electron chi connectivity index (χ1n) is 38.0. The van der Waals surface area contributed by atoms with Gasteiger partial charge in [0.1, 0.15) is 10.6 Å². The molecule has 0 spiro atoms. The molecule has 0 amide bonds. The predicted molar refractivity (Wildman–Crippen MR) is 494 cm³/mol. The number of nitrogens with one attached hydrogen (secondary N) is 5. The molecule has 8 aromatic carbocycles. The number of hydrogen-bond donors (Lipinski definition) is 21. The third-order valence-corrected chi connectivity index (χ3v) is 31.2. The smallest absolute Gasteiger partial charge is 0.397 e. The minimum absolute atomic E-state index is 0.00379. The van der Waals surface area contributed by atoms with Crippen LogP contribution in [0.15, 0.2) is 191 Å². The van der Waals surface area contributed by atoms with Crippen LogP contribution in [0.1, 0.15) is 13.3 Å². The van der Waals surface area contributed by atoms with Crippen LogP contribution in [0.25, 0.3) is 0 Å². The quantitative estimate of drug-likeness (QED) is 0.0146. The standard InChI is InChI=1S/C17H22N2O9S3.C13H21N3O5S.C12H11ClN2O2S.C12H18N2O4S.C11H19N3O3S.C10H17N3O6S2/c1-28-15-5-3-13(11-17(15)29(21,22)7-6-20)19-14-4-2-12(18)10-16(14)30(23,24)8-9-31(25,26)27;14-10-1-2-11(16-5-4-15-6-7-17)12(9-10)22(20,21)8-3-13(18)19;13-10-6-8(14)7-11(12(10)15)18(16,17)9-4-2-1-3-5-9;13-10-1-2-11(14-3-6-18-7-4-14)12(9-10)19(16,17)8-5-15;1-8(15)7-18(16,17)11-6-9(13)2-3-10(11)14-5-4-12;11-3-4-13-9-2-1-8(12)7-10(9)20(14,15)6-5-19-21(16,17)18/h2-5,10-11,19-20H,6-9,18H2,1H3,(H,25,26,27);1-2,9,15-17H,3-8,14H2,(H,18,19);1-7H,14-15H2;1-2,9,15H,3-8,13H2;2-3,6,8,14-15H,4-5,7,12-13H2,1H3;1-2,7,13H,3-6,11-12H2,(H,16,17,18). The lowest BCUT2D eigenvalue weighted by molar-refractivity contribution is -0.136. The summed E-state index contributed by atoms with van der Waals surface area (Å²) in [6.07, 6.45) is -1.40. The summed E-state index contributed by atoms with van der Waals surface area (Å²) in [5.41, 5.74) is 53.8. The molecule has 8 aromatic rings. The maximum absolute atomic E-state index is 12.6. The molecular formula is C75H108ClN15O29S9. The zero-order valence-electron chi connectivity index (χ0n) is 69.6. The molecular weight excluding hydrogens is 1900 g/mol. The van der Waals surface area contributed by atoms with E-state index < -0.39 is 156 Å². The Morgan fingerprint density at radius 1 is 0.473 bits per heavy atom. The number of methoxy groups -OCH3 is 1. The molecule has 718 valence electrons. The molecule has 1 atom stereocenters. The van der Waals surface area contributed by atoms with Gasteiger partial charge in [-0.3, -0.25) is 13.9 Å². The van der Waals surface area contributed by atoms with Gasteiger partial charge in [0.25, 0.3) is 10.1 Å². The lowest BCUT2D eigenvalue weighted by atomic mass is 10.2. The number of sulfone groups is 7. The number of benzene rings is 8. The van der Waals surface area contributed by atoms with Crippen molar-refractivity contribution in [2.75, 3.05) is 212 Å². The number of carboxylic acids is 1. The predicted octanol–water partition coefficient (Wildman–Crippen LogP) is 1.19. The first kappa shape index (κ1) is 111. The Hall–Kier alpha value is -9.97. The largest absolute Gasteiger partial charge is 0.495 e. The lowest BCUT2D eigenvalue weighted by Crippen LogP contribution is -2.37. The average Bonchev–Trinajstić information content (AvgIpc) is 0.779. The molecule has 1 aliphatic rings. The fraction of sp³-hybridized carbons (Fsp3) is 0.347. The summed E-state index contributed by atoms with van der Waals surface area (Å²) < 4.78 is 247. The highest BCUT2D eigenvalue weighted by Crippen LogP contribution is 2.37. The Kier molecular flexibility index (Phi) is 44.0. The average molecular weight is 2010 g/mol. The minimum Gasteiger partial charge on any atom is -0.495 e. The van der Waals surface area contributed by atoms with Crippen LogP contribution in [0.3, 0.4) is 0 Å². The molecule has 129 heavy (non-hydrogen) atoms. The number of morpholine rings is 1. The molecule has 1 saturated heterocycles. The Morgan fingerprint density at radius 2 is 0.907 bits per heavy atom. The summed E-state index contributed by atoms with van der Waals surface area (Å²) in [5, 5.41) is 59.0. The van der Waals surface area contributed by atoms with E-state index in [1.54, 1.807) is 54.6 Å². The molecule has 0 radical (unpaired) electrons. The van der Waals surface area contributed by atoms with Crippen LogP contribution in [0, 0.1) is 0 Å². The van der Waals surface area contributed by atoms with Gasteiger partial charge in [0, 0.05) is 98.7 Å². The highest BCUT2D eigenvalue weighted by Gasteiger charge is 2.30. The second-order valence-corrected chi connectivity index (χ2v) is 44.6. The second-order valence-electron chi connectivity index (χ2n) is 27.3. The van der Waals surface area contributed by atoms with E-state index in [1.165, 1.54) is 105 Å². The molecule has 1 aliphatic heterocycles. The highest BCUT2D eigenvalue weighted by molar-refractivity contribution is 7.94. The van der Waals surface area contributed by atoms with Gasteiger partial charge in [0.15, 0.2) is 59.0 Å². The molecule has 0 aromatic heterocycles. The van der Waals surface area contributed by atoms with Crippen LogP contribution in [-0.4, -0.2) is 268 Å². The van der Waals surface area contributed by atoms with Gasteiger partial charge in [-0.1, -0.05) is 29.8 Å². The van der Waals surface area contributed by atoms with Crippen molar-refractivity contribution in [2.45, 2.75) is 58.6 Å². The van der Waals surface area contributed by atoms with Gasteiger partial charge in [-0.25, -0.2) is 63.1 Å². The Bertz CT molecular complexity index is 6180. The summed E-state index contributed by atoms with van der Waals surface area (Å²) >= 11 is 5.84. The maximum atomic E-state index is 12.6. The number of aliphatic hydroxyl groups excluding tert-OH is 4. The molecule has 30 N–H and O–H groups in total. The number of carboxylic acid groups (broad SMARTS) is 1. The number of nitrogens with two attached hydrogens (primary N) is 9. The molecule has 0 bridgehead atoms. The van der Waals surface area contributed by atoms with E-state index in [4.69, 9.17) is 102 Å². The normalized spacial score (nSPS) is 12.8. The molecule has 44 nitrogen and oxygen atoms in total. The first-order chi connectivity index (χ1) is 60.1. The first-order valence-corrected chi connectivity index (χ1v) is 52.8. The topological polar surface area (TPSA) is 791 Å². The molecule has 9 rings (SSSR count). The molecule has 54 heteroatoms. The van der Waals surface area contributed by atoms with E-state index in [2.05, 4.69) is 30.8 Å². The summed E-state index contributed by atoms with van der Waals surface area (Å²) in [7, 11) is -34.4. The van der Waals surface area contributed by atoms with Gasteiger partial charge < -0.3 is 118 Å². The number of nitrogens with zero attached hydrogens (tertiary/aromatic N) is 1. The Balaban J connectivity index is 0.000000328. The number of hydrogen-bond acceptors (Lipinski definition) is 41. The van der Waals surface area contributed by atoms with E-state index in [0.717, 1.165) is 6.07 Å². The number of carbonyl (C=O) groups is 1. The number of ether oxygens (including phenoxy) is 2. The van der Waals surface area contributed by atoms with Gasteiger partial charge in [-0.2, -0.15) is 16.8 Å². The Labute approximate surface area is 754 Å². The van der Waals surface area contributed by atoms with Crippen molar-refractivity contribution < 1.29 is 129 Å². The van der Waals surface area contributed by atoms with Crippen molar-refractivity contribution in [3.05, 3.63) is 157 Å². The van der Waals surface area contributed by atoms with Crippen LogP contribution >= 0.6 is 11.6 Å². The molecule has 1 unspecified atom stereocenters. The SMILES string of the molecule is CC(O)CS(=O)(=O)c1cc(N)ccc1NCCN.COc1ccc(Nc2ccc(N)cc2S(=O)(=O)CCS(=O)(=O)O)cc1S(=O)(=O)CCO.NCCNc1ccc(N)cc1S(=O)(=O)CCOS(=O)(=O)O.Nc1cc(Cl)c(N)c(S(=O)(=O)c2ccccc2)c1.Nc1ccc(N2CCOCC2)c(S(=O)(=O)CCO)c1.Nc1ccc(NCCNCCO)c(S(=O)(=O)CCC(=O)O)c1. The zero-order valence-corrected chi connectivity index (χ0v) is 77.7. The van der Waals surface area contributed by atoms with Gasteiger partial charge in [0.05, 0.1) is 173 Å². The number of nitrogen functional groups attached to an aromatic ring is 7. The third-order valence-electron chi connectivity index (χ3n) is 17.1. The van der Waals surface area contributed by atoms with E-state index >= 15 is 0 Å². The van der Waals surface area contributed by atoms with Crippen molar-refractivity contribution in [3.63, 3.8) is 0 Å². The number of aliphatic hydroxyl groups is 4. The fourth-order valence-corrected chi connectivity index (χ4v) is 22.8. The van der Waals surface area contributed by atoms with Crippen molar-refractivity contribution in [1.82, 2.24) is 5.32 Å². The molecule has 1 fully saturated rings. The summed E-state index contributed by atoms with van der Waals surface area (Å²) in [5.74, 6) is -5.31.